The summed E-state index contributed by atoms with van der Waals surface area (Å²) >= 11 is 6.01. The zero-order valence-electron chi connectivity index (χ0n) is 21.6. The minimum absolute atomic E-state index is 0.107. The second-order valence-electron chi connectivity index (χ2n) is 9.13. The maximum absolute atomic E-state index is 13.1. The fourth-order valence-corrected chi connectivity index (χ4v) is 6.01. The lowest BCUT2D eigenvalue weighted by Crippen LogP contribution is -2.34. The largest absolute Gasteiger partial charge is 0.361 e. The number of sulfone groups is 1. The predicted octanol–water partition coefficient (Wildman–Crippen LogP) is 4.51. The number of rotatable bonds is 10. The van der Waals surface area contributed by atoms with Crippen LogP contribution in [0.1, 0.15) is 46.6 Å². The number of aromatic nitrogens is 1. The van der Waals surface area contributed by atoms with Crippen molar-refractivity contribution in [1.29, 1.82) is 0 Å². The molecule has 0 radical (unpaired) electrons. The molecule has 2 aromatic carbocycles. The number of fused-ring (bicyclic) bond motifs is 1. The minimum atomic E-state index is -3.69. The molecule has 1 aliphatic rings. The number of benzene rings is 2. The Hall–Kier alpha value is -3.40. The zero-order chi connectivity index (χ0) is 27.4. The van der Waals surface area contributed by atoms with Crippen molar-refractivity contribution < 1.29 is 18.0 Å². The number of hydrogen-bond acceptors (Lipinski definition) is 5. The summed E-state index contributed by atoms with van der Waals surface area (Å²) in [5.41, 5.74) is 3.70. The summed E-state index contributed by atoms with van der Waals surface area (Å²) in [6.07, 6.45) is 3.27. The van der Waals surface area contributed by atoms with Gasteiger partial charge in [0.25, 0.3) is 11.8 Å². The van der Waals surface area contributed by atoms with Gasteiger partial charge in [-0.15, -0.1) is 0 Å². The molecule has 1 aliphatic heterocycles. The van der Waals surface area contributed by atoms with E-state index in [1.807, 2.05) is 6.92 Å². The number of nitrogens with zero attached hydrogens (tertiary/aromatic N) is 1. The van der Waals surface area contributed by atoms with Crippen molar-refractivity contribution in [2.45, 2.75) is 31.4 Å². The van der Waals surface area contributed by atoms with E-state index in [-0.39, 0.29) is 22.5 Å². The summed E-state index contributed by atoms with van der Waals surface area (Å²) in [5, 5.41) is 6.19. The van der Waals surface area contributed by atoms with Crippen LogP contribution in [0.4, 0.5) is 5.69 Å². The molecule has 10 heteroatoms. The van der Waals surface area contributed by atoms with E-state index >= 15 is 0 Å². The number of halogens is 1. The van der Waals surface area contributed by atoms with Gasteiger partial charge >= 0.3 is 0 Å². The van der Waals surface area contributed by atoms with Crippen LogP contribution in [0.5, 0.6) is 0 Å². The van der Waals surface area contributed by atoms with E-state index in [0.717, 1.165) is 19.6 Å². The number of nitrogens with one attached hydrogen (secondary N) is 3. The molecule has 3 N–H and O–H groups in total. The standard InChI is InChI=1S/C28H31ClN4O4S/c1-4-33(5-2)12-11-30-27(34)24-16-31-26(18(24)3)15-23-22-14-21(9-10-25(22)32-28(23)35)38(36,37)17-19-7-6-8-20(29)13-19/h6-10,13-16,31H,4-5,11-12,17H2,1-3H3,(H,30,34)(H,32,35). The van der Waals surface area contributed by atoms with Gasteiger partial charge in [-0.2, -0.15) is 0 Å². The third-order valence-corrected chi connectivity index (χ3v) is 8.62. The molecule has 0 saturated carbocycles. The maximum Gasteiger partial charge on any atom is 0.256 e. The van der Waals surface area contributed by atoms with Crippen molar-refractivity contribution >= 4 is 50.6 Å². The molecule has 8 nitrogen and oxygen atoms in total. The van der Waals surface area contributed by atoms with E-state index in [9.17, 15) is 18.0 Å². The third kappa shape index (κ3) is 6.01. The van der Waals surface area contributed by atoms with E-state index < -0.39 is 9.84 Å². The fourth-order valence-electron chi connectivity index (χ4n) is 4.44. The number of carbonyl (C=O) groups is 2. The maximum atomic E-state index is 13.1. The Bertz CT molecular complexity index is 1510. The molecule has 0 fully saturated rings. The average molecular weight is 555 g/mol. The van der Waals surface area contributed by atoms with Gasteiger partial charge in [0.2, 0.25) is 0 Å². The van der Waals surface area contributed by atoms with Gasteiger partial charge < -0.3 is 20.5 Å². The summed E-state index contributed by atoms with van der Waals surface area (Å²) in [7, 11) is -3.69. The topological polar surface area (TPSA) is 111 Å². The van der Waals surface area contributed by atoms with Gasteiger partial charge in [-0.1, -0.05) is 37.6 Å². The van der Waals surface area contributed by atoms with Crippen LogP contribution >= 0.6 is 11.6 Å². The smallest absolute Gasteiger partial charge is 0.256 e. The van der Waals surface area contributed by atoms with Crippen molar-refractivity contribution in [1.82, 2.24) is 15.2 Å². The number of H-pyrrole nitrogens is 1. The Balaban J connectivity index is 1.57. The lowest BCUT2D eigenvalue weighted by Gasteiger charge is -2.17. The highest BCUT2D eigenvalue weighted by atomic mass is 35.5. The van der Waals surface area contributed by atoms with Gasteiger partial charge in [0, 0.05) is 41.3 Å². The molecule has 0 spiro atoms. The summed E-state index contributed by atoms with van der Waals surface area (Å²) < 4.78 is 26.3. The molecule has 2 heterocycles. The highest BCUT2D eigenvalue weighted by Gasteiger charge is 2.27. The first-order valence-electron chi connectivity index (χ1n) is 12.5. The van der Waals surface area contributed by atoms with Gasteiger partial charge in [-0.05, 0) is 67.5 Å². The first-order valence-corrected chi connectivity index (χ1v) is 14.5. The van der Waals surface area contributed by atoms with E-state index in [1.165, 1.54) is 12.1 Å². The number of anilines is 1. The fraction of sp³-hybridized carbons (Fsp3) is 0.286. The number of likely N-dealkylation sites (N-methyl/N-ethyl adjacent to an activating group) is 1. The van der Waals surface area contributed by atoms with Crippen LogP contribution in [0.2, 0.25) is 5.02 Å². The molecular weight excluding hydrogens is 524 g/mol. The molecule has 1 aromatic heterocycles. The SMILES string of the molecule is CCN(CC)CCNC(=O)c1c[nH]c(C=C2C(=O)Nc3ccc(S(=O)(=O)Cc4cccc(Cl)c4)cc32)c1C. The quantitative estimate of drug-likeness (QED) is 0.319. The van der Waals surface area contributed by atoms with Crippen LogP contribution in [0.25, 0.3) is 11.6 Å². The minimum Gasteiger partial charge on any atom is -0.361 e. The summed E-state index contributed by atoms with van der Waals surface area (Å²) in [4.78, 5) is 30.9. The van der Waals surface area contributed by atoms with Crippen LogP contribution in [0.15, 0.2) is 53.6 Å². The van der Waals surface area contributed by atoms with Crippen LogP contribution < -0.4 is 10.6 Å². The van der Waals surface area contributed by atoms with Crippen LogP contribution in [-0.4, -0.2) is 56.3 Å². The Morgan fingerprint density at radius 1 is 1.13 bits per heavy atom. The van der Waals surface area contributed by atoms with Gasteiger partial charge in [-0.25, -0.2) is 8.42 Å². The van der Waals surface area contributed by atoms with Crippen molar-refractivity contribution in [2.24, 2.45) is 0 Å². The van der Waals surface area contributed by atoms with Gasteiger partial charge in [0.1, 0.15) is 0 Å². The van der Waals surface area contributed by atoms with Crippen molar-refractivity contribution in [3.05, 3.63) is 81.6 Å². The lowest BCUT2D eigenvalue weighted by atomic mass is 10.0. The van der Waals surface area contributed by atoms with E-state index in [0.29, 0.717) is 50.8 Å². The Morgan fingerprint density at radius 2 is 1.89 bits per heavy atom. The first-order chi connectivity index (χ1) is 18.1. The normalized spacial score (nSPS) is 14.1. The second-order valence-corrected chi connectivity index (χ2v) is 11.6. The van der Waals surface area contributed by atoms with Crippen molar-refractivity contribution in [3.63, 3.8) is 0 Å². The van der Waals surface area contributed by atoms with Gasteiger partial charge in [0.05, 0.1) is 21.8 Å². The van der Waals surface area contributed by atoms with Crippen LogP contribution in [-0.2, 0) is 20.4 Å². The lowest BCUT2D eigenvalue weighted by molar-refractivity contribution is -0.110. The molecule has 2 amide bonds. The van der Waals surface area contributed by atoms with E-state index in [4.69, 9.17) is 11.6 Å². The summed E-state index contributed by atoms with van der Waals surface area (Å²) in [6, 6.07) is 11.3. The van der Waals surface area contributed by atoms with Gasteiger partial charge in [0.15, 0.2) is 9.84 Å². The Kier molecular flexibility index (Phi) is 8.40. The number of carbonyl (C=O) groups excluding carboxylic acids is 2. The van der Waals surface area contributed by atoms with Crippen LogP contribution in [0.3, 0.4) is 0 Å². The molecule has 3 aromatic rings. The van der Waals surface area contributed by atoms with Crippen LogP contribution in [0, 0.1) is 6.92 Å². The molecule has 200 valence electrons. The second kappa shape index (κ2) is 11.6. The van der Waals surface area contributed by atoms with Crippen molar-refractivity contribution in [3.8, 4) is 0 Å². The average Bonchev–Trinajstić information content (AvgIpc) is 3.40. The Morgan fingerprint density at radius 3 is 2.61 bits per heavy atom. The zero-order valence-corrected chi connectivity index (χ0v) is 23.2. The first kappa shape index (κ1) is 27.6. The highest BCUT2D eigenvalue weighted by molar-refractivity contribution is 7.90. The third-order valence-electron chi connectivity index (χ3n) is 6.70. The number of amides is 2. The molecule has 0 bridgehead atoms. The molecular formula is C28H31ClN4O4S. The monoisotopic (exact) mass is 554 g/mol. The molecule has 38 heavy (non-hydrogen) atoms. The molecule has 4 rings (SSSR count). The van der Waals surface area contributed by atoms with E-state index in [2.05, 4.69) is 34.4 Å². The number of aromatic amines is 1. The summed E-state index contributed by atoms with van der Waals surface area (Å²) in [6.45, 7) is 9.10. The van der Waals surface area contributed by atoms with E-state index in [1.54, 1.807) is 42.6 Å². The van der Waals surface area contributed by atoms with Crippen molar-refractivity contribution in [2.75, 3.05) is 31.5 Å². The molecule has 0 atom stereocenters. The van der Waals surface area contributed by atoms with Gasteiger partial charge in [-0.3, -0.25) is 9.59 Å². The molecule has 0 aliphatic carbocycles. The molecule has 0 unspecified atom stereocenters. The molecule has 0 saturated heterocycles. The number of hydrogen-bond donors (Lipinski definition) is 3. The Labute approximate surface area is 228 Å². The summed E-state index contributed by atoms with van der Waals surface area (Å²) in [5.74, 6) is -0.750. The highest BCUT2D eigenvalue weighted by Crippen LogP contribution is 2.36. The predicted molar refractivity (Wildman–Crippen MR) is 151 cm³/mol.